The van der Waals surface area contributed by atoms with Crippen LogP contribution >= 0.6 is 46.4 Å². The zero-order valence-corrected chi connectivity index (χ0v) is 38.0. The summed E-state index contributed by atoms with van der Waals surface area (Å²) < 4.78 is 31.8. The molecule has 5 nitrogen and oxygen atoms in total. The quantitative estimate of drug-likeness (QED) is 0.100. The van der Waals surface area contributed by atoms with Crippen LogP contribution in [0.4, 0.5) is 17.1 Å². The van der Waals surface area contributed by atoms with Crippen LogP contribution in [0.25, 0.3) is 11.1 Å². The van der Waals surface area contributed by atoms with Crippen molar-refractivity contribution in [3.8, 4) is 45.6 Å². The van der Waals surface area contributed by atoms with Gasteiger partial charge in [0.15, 0.2) is 0 Å². The molecule has 296 valence electrons. The monoisotopic (exact) mass is 981 g/mol. The van der Waals surface area contributed by atoms with Crippen molar-refractivity contribution < 1.29 is 15.5 Å². The Morgan fingerprint density at radius 2 is 0.967 bits per heavy atom. The number of fused-ring (bicyclic) bond motifs is 4. The zero-order chi connectivity index (χ0) is 41.2. The summed E-state index contributed by atoms with van der Waals surface area (Å²) in [6.07, 6.45) is 0. The molecule has 0 radical (unpaired) electrons. The van der Waals surface area contributed by atoms with Crippen LogP contribution in [0.5, 0.6) is 34.5 Å². The average molecular weight is 984 g/mol. The Kier molecular flexibility index (Phi) is 7.29. The first kappa shape index (κ1) is 36.4. The molecule has 10 heteroatoms. The average Bonchev–Trinajstić information content (AvgIpc) is 3.80. The molecule has 0 saturated heterocycles. The van der Waals surface area contributed by atoms with Gasteiger partial charge in [0, 0.05) is 0 Å². The first-order chi connectivity index (χ1) is 29.7. The second-order valence-corrected chi connectivity index (χ2v) is 28.0. The second-order valence-electron chi connectivity index (χ2n) is 16.1. The zero-order valence-electron chi connectivity index (χ0n) is 32.4. The van der Waals surface area contributed by atoms with Crippen molar-refractivity contribution in [2.75, 3.05) is 4.90 Å². The Morgan fingerprint density at radius 1 is 0.459 bits per heavy atom. The maximum absolute atomic E-state index is 7.73. The molecular weight excluding hydrogens is 954 g/mol. The molecule has 0 saturated carbocycles. The van der Waals surface area contributed by atoms with E-state index in [9.17, 15) is 0 Å². The molecular formula is C51H30Cl4NO4Sb. The van der Waals surface area contributed by atoms with Gasteiger partial charge in [0.25, 0.3) is 0 Å². The summed E-state index contributed by atoms with van der Waals surface area (Å²) in [5.41, 5.74) is 11.1. The fourth-order valence-corrected chi connectivity index (χ4v) is 28.2. The van der Waals surface area contributed by atoms with Gasteiger partial charge in [0.05, 0.1) is 0 Å². The van der Waals surface area contributed by atoms with Crippen molar-refractivity contribution >= 4 is 92.2 Å². The second kappa shape index (κ2) is 12.2. The predicted molar refractivity (Wildman–Crippen MR) is 247 cm³/mol. The molecule has 8 aromatic carbocycles. The molecule has 0 amide bonds. The number of ether oxygens (including phenoxy) is 2. The van der Waals surface area contributed by atoms with E-state index in [1.807, 2.05) is 32.0 Å². The van der Waals surface area contributed by atoms with Crippen LogP contribution in [0.15, 0.2) is 146 Å². The van der Waals surface area contributed by atoms with Gasteiger partial charge in [0.2, 0.25) is 0 Å². The van der Waals surface area contributed by atoms with Crippen LogP contribution in [0.3, 0.4) is 0 Å². The van der Waals surface area contributed by atoms with Crippen molar-refractivity contribution in [1.82, 2.24) is 0 Å². The summed E-state index contributed by atoms with van der Waals surface area (Å²) in [6, 6.07) is 51.6. The summed E-state index contributed by atoms with van der Waals surface area (Å²) in [5, 5.41) is 0.445. The topological polar surface area (TPSA) is 40.2 Å². The van der Waals surface area contributed by atoms with Crippen molar-refractivity contribution in [3.63, 3.8) is 0 Å². The first-order valence-electron chi connectivity index (χ1n) is 19.9. The molecule has 0 unspecified atom stereocenters. The first-order valence-corrected chi connectivity index (χ1v) is 27.3. The molecule has 4 aliphatic heterocycles. The molecule has 0 atom stereocenters. The number of rotatable bonds is 3. The number of halogens is 4. The predicted octanol–water partition coefficient (Wildman–Crippen LogP) is 13.2. The third kappa shape index (κ3) is 4.18. The summed E-state index contributed by atoms with van der Waals surface area (Å²) in [7, 11) is 0. The normalized spacial score (nSPS) is 17.0. The summed E-state index contributed by atoms with van der Waals surface area (Å²) in [5.74, 6) is 3.00. The van der Waals surface area contributed by atoms with Crippen LogP contribution < -0.4 is 30.9 Å². The van der Waals surface area contributed by atoms with Crippen LogP contribution in [0.2, 0.25) is 20.1 Å². The van der Waals surface area contributed by atoms with Crippen molar-refractivity contribution in [2.24, 2.45) is 0 Å². The number of aryl methyl sites for hydroxylation is 2. The Hall–Kier alpha value is -5.26. The fraction of sp³-hybridized carbons (Fsp3) is 0.0588. The van der Waals surface area contributed by atoms with Gasteiger partial charge in [0.1, 0.15) is 0 Å². The number of hydrogen-bond acceptors (Lipinski definition) is 5. The molecule has 1 spiro atoms. The van der Waals surface area contributed by atoms with Gasteiger partial charge >= 0.3 is 377 Å². The summed E-state index contributed by atoms with van der Waals surface area (Å²) >= 11 is 21.8. The van der Waals surface area contributed by atoms with E-state index in [2.05, 4.69) is 132 Å². The van der Waals surface area contributed by atoms with Gasteiger partial charge in [-0.25, -0.2) is 0 Å². The van der Waals surface area contributed by atoms with Gasteiger partial charge in [-0.15, -0.1) is 0 Å². The number of hydrogen-bond donors (Lipinski definition) is 0. The minimum absolute atomic E-state index is 0.0928. The molecule has 61 heavy (non-hydrogen) atoms. The van der Waals surface area contributed by atoms with E-state index in [1.54, 1.807) is 0 Å². The van der Waals surface area contributed by atoms with E-state index < -0.39 is 23.7 Å². The van der Waals surface area contributed by atoms with Crippen LogP contribution in [-0.4, -0.2) is 18.2 Å². The van der Waals surface area contributed by atoms with Gasteiger partial charge in [-0.3, -0.25) is 0 Å². The van der Waals surface area contributed by atoms with Gasteiger partial charge in [-0.1, -0.05) is 0 Å². The Bertz CT molecular complexity index is 3160. The van der Waals surface area contributed by atoms with E-state index in [0.717, 1.165) is 44.3 Å². The van der Waals surface area contributed by atoms with Crippen molar-refractivity contribution in [1.29, 1.82) is 0 Å². The summed E-state index contributed by atoms with van der Waals surface area (Å²) in [4.78, 5) is 2.30. The molecule has 5 aliphatic rings. The summed E-state index contributed by atoms with van der Waals surface area (Å²) in [6.45, 7) is 4.09. The van der Waals surface area contributed by atoms with E-state index in [-0.39, 0.29) is 31.6 Å². The molecule has 0 aromatic heterocycles. The van der Waals surface area contributed by atoms with Crippen LogP contribution in [0, 0.1) is 13.8 Å². The third-order valence-corrected chi connectivity index (χ3v) is 28.6. The van der Waals surface area contributed by atoms with Gasteiger partial charge < -0.3 is 0 Å². The molecule has 0 N–H and O–H groups in total. The van der Waals surface area contributed by atoms with Crippen LogP contribution in [0.1, 0.15) is 33.4 Å². The Balaban J connectivity index is 1.14. The van der Waals surface area contributed by atoms with E-state index in [1.165, 1.54) is 27.8 Å². The van der Waals surface area contributed by atoms with Crippen LogP contribution in [-0.2, 0) is 5.41 Å². The molecule has 1 aliphatic carbocycles. The molecule has 8 aromatic rings. The molecule has 4 heterocycles. The number of anilines is 3. The third-order valence-electron chi connectivity index (χ3n) is 13.1. The van der Waals surface area contributed by atoms with Crippen molar-refractivity contribution in [2.45, 2.75) is 19.3 Å². The molecule has 0 fully saturated rings. The van der Waals surface area contributed by atoms with Crippen molar-refractivity contribution in [3.05, 3.63) is 199 Å². The fourth-order valence-electron chi connectivity index (χ4n) is 10.7. The minimum atomic E-state index is -6.01. The SMILES string of the molecule is Cc1ccc2[c]3c1Oc1cccc4[c]1[Sb]31([O]c3c(Cl)c(Cl)c(Cl)c(Cl)c3[O]1)[c]1c(ccc(C)c1O4)N2c1ccc2c(c1)-c1ccccc1C2(c1ccccc1)c1ccccc1. The van der Waals surface area contributed by atoms with E-state index in [0.29, 0.717) is 23.0 Å². The number of nitrogens with zero attached hydrogens (tertiary/aromatic N) is 1. The Morgan fingerprint density at radius 3 is 1.52 bits per heavy atom. The van der Waals surface area contributed by atoms with E-state index in [4.69, 9.17) is 61.9 Å². The number of benzene rings is 8. The maximum atomic E-state index is 7.73. The standard InChI is InChI=1S/C45H30NO2.C6H2Cl4O2.Sb/c1-30-20-22-35-27-43(30)47-37-16-11-17-38(29-37)48-44-28-36(23-21-31(44)2)46(35)34-24-25-42-40(26-34)39-18-9-10-19-41(39)45(42,32-12-5-3-6-13-32)33-14-7-4-8-15-33;7-1-2(8)4(10)6(12)5(11)3(1)9;/h3-26H,1-2H3;11-12H;/q;;+2/p-2. The van der Waals surface area contributed by atoms with Gasteiger partial charge in [-0.05, 0) is 0 Å². The Labute approximate surface area is 373 Å². The molecule has 13 rings (SSSR count). The van der Waals surface area contributed by atoms with Gasteiger partial charge in [-0.2, -0.15) is 0 Å². The molecule has 0 bridgehead atoms. The van der Waals surface area contributed by atoms with E-state index >= 15 is 0 Å².